The van der Waals surface area contributed by atoms with Crippen LogP contribution in [-0.4, -0.2) is 71.4 Å². The zero-order valence-corrected chi connectivity index (χ0v) is 23.0. The van der Waals surface area contributed by atoms with E-state index in [1.54, 1.807) is 18.0 Å². The molecule has 0 saturated carbocycles. The molecule has 2 aliphatic rings. The number of aliphatic imine (C=N–C) groups is 1. The lowest BCUT2D eigenvalue weighted by molar-refractivity contribution is -0.134. The van der Waals surface area contributed by atoms with Gasteiger partial charge in [0.1, 0.15) is 30.2 Å². The number of aryl methyl sites for hydroxylation is 1. The Morgan fingerprint density at radius 3 is 2.67 bits per heavy atom. The van der Waals surface area contributed by atoms with Crippen molar-refractivity contribution in [2.75, 3.05) is 6.54 Å². The number of amidine groups is 1. The number of amides is 2. The second-order valence-electron chi connectivity index (χ2n) is 11.0. The molecule has 39 heavy (non-hydrogen) atoms. The van der Waals surface area contributed by atoms with Gasteiger partial charge in [0.15, 0.2) is 0 Å². The molecule has 2 aromatic heterocycles. The Bertz CT molecular complexity index is 1420. The SMILES string of the molecule is BBc1cc(C(C(=O)N2CC(O)CC2C2=NC(=O)C(C)(c3ccc(-c4cccnc4C)cc3)N2)C(C)C)on1. The lowest BCUT2D eigenvalue weighted by Crippen LogP contribution is -2.51. The van der Waals surface area contributed by atoms with Crippen LogP contribution >= 0.6 is 0 Å². The van der Waals surface area contributed by atoms with Crippen LogP contribution in [0.4, 0.5) is 0 Å². The molecule has 0 radical (unpaired) electrons. The average Bonchev–Trinajstić information content (AvgIpc) is 3.62. The molecular weight excluding hydrogens is 492 g/mol. The van der Waals surface area contributed by atoms with Crippen LogP contribution in [0.1, 0.15) is 50.1 Å². The number of nitrogens with one attached hydrogen (secondary N) is 1. The molecule has 11 heteroatoms. The molecule has 4 atom stereocenters. The van der Waals surface area contributed by atoms with Crippen LogP contribution in [0.2, 0.25) is 0 Å². The van der Waals surface area contributed by atoms with Crippen molar-refractivity contribution in [1.29, 1.82) is 0 Å². The molecule has 3 aromatic rings. The molecule has 1 saturated heterocycles. The van der Waals surface area contributed by atoms with Gasteiger partial charge in [0.2, 0.25) is 5.91 Å². The first-order valence-corrected chi connectivity index (χ1v) is 13.5. The van der Waals surface area contributed by atoms with E-state index in [1.807, 2.05) is 71.0 Å². The van der Waals surface area contributed by atoms with Crippen molar-refractivity contribution in [1.82, 2.24) is 20.4 Å². The number of nitrogens with zero attached hydrogens (tertiary/aromatic N) is 4. The second-order valence-corrected chi connectivity index (χ2v) is 11.0. The Morgan fingerprint density at radius 2 is 2.03 bits per heavy atom. The molecule has 1 aromatic carbocycles. The number of pyridine rings is 1. The van der Waals surface area contributed by atoms with E-state index in [1.165, 1.54) is 0 Å². The summed E-state index contributed by atoms with van der Waals surface area (Å²) in [6.07, 6.45) is 1.34. The highest BCUT2D eigenvalue weighted by molar-refractivity contribution is 6.97. The summed E-state index contributed by atoms with van der Waals surface area (Å²) in [5.41, 5.74) is 3.43. The topological polar surface area (TPSA) is 121 Å². The van der Waals surface area contributed by atoms with Crippen LogP contribution in [0.15, 0.2) is 58.2 Å². The van der Waals surface area contributed by atoms with Crippen LogP contribution in [0, 0.1) is 12.8 Å². The number of β-amino-alcohol motifs (C(OH)–C–C–N with tert-alkyl or cyclic N) is 1. The summed E-state index contributed by atoms with van der Waals surface area (Å²) >= 11 is 0. The molecule has 2 N–H and O–H groups in total. The molecule has 1 fully saturated rings. The summed E-state index contributed by atoms with van der Waals surface area (Å²) in [6, 6.07) is 13.0. The van der Waals surface area contributed by atoms with Crippen LogP contribution in [0.3, 0.4) is 0 Å². The van der Waals surface area contributed by atoms with Crippen molar-refractivity contribution >= 4 is 38.2 Å². The number of hydrogen-bond donors (Lipinski definition) is 2. The minimum Gasteiger partial charge on any atom is -0.391 e. The lowest BCUT2D eigenvalue weighted by Gasteiger charge is -2.31. The zero-order chi connectivity index (χ0) is 27.9. The fraction of sp³-hybridized carbons (Fsp3) is 0.393. The number of likely N-dealkylation sites (tertiary alicyclic amines) is 1. The van der Waals surface area contributed by atoms with E-state index in [2.05, 4.69) is 20.4 Å². The first-order valence-electron chi connectivity index (χ1n) is 13.5. The first-order chi connectivity index (χ1) is 18.6. The average molecular weight is 525 g/mol. The number of carbonyl (C=O) groups excluding carboxylic acids is 2. The predicted octanol–water partition coefficient (Wildman–Crippen LogP) is 0.800. The molecule has 4 heterocycles. The van der Waals surface area contributed by atoms with E-state index >= 15 is 0 Å². The number of rotatable bonds is 7. The lowest BCUT2D eigenvalue weighted by atomic mass is 9.53. The second kappa shape index (κ2) is 10.4. The van der Waals surface area contributed by atoms with Crippen LogP contribution in [-0.2, 0) is 15.1 Å². The van der Waals surface area contributed by atoms with Crippen molar-refractivity contribution in [3.63, 3.8) is 0 Å². The van der Waals surface area contributed by atoms with Crippen LogP contribution in [0.5, 0.6) is 0 Å². The zero-order valence-electron chi connectivity index (χ0n) is 23.0. The van der Waals surface area contributed by atoms with Crippen molar-refractivity contribution in [2.45, 2.75) is 57.7 Å². The van der Waals surface area contributed by atoms with Gasteiger partial charge in [0.25, 0.3) is 5.91 Å². The van der Waals surface area contributed by atoms with Gasteiger partial charge >= 0.3 is 0 Å². The van der Waals surface area contributed by atoms with Gasteiger partial charge in [-0.3, -0.25) is 14.6 Å². The Balaban J connectivity index is 1.39. The summed E-state index contributed by atoms with van der Waals surface area (Å²) in [4.78, 5) is 37.5. The van der Waals surface area contributed by atoms with Gasteiger partial charge in [-0.15, -0.1) is 0 Å². The molecule has 2 amide bonds. The van der Waals surface area contributed by atoms with E-state index < -0.39 is 23.6 Å². The summed E-state index contributed by atoms with van der Waals surface area (Å²) in [6.45, 7) is 7.84. The van der Waals surface area contributed by atoms with Crippen LogP contribution < -0.4 is 10.9 Å². The molecular formula is C28H33B2N5O4. The van der Waals surface area contributed by atoms with E-state index in [9.17, 15) is 14.7 Å². The van der Waals surface area contributed by atoms with E-state index in [0.29, 0.717) is 25.2 Å². The monoisotopic (exact) mass is 525 g/mol. The summed E-state index contributed by atoms with van der Waals surface area (Å²) in [5, 5.41) is 18.0. The number of aliphatic hydroxyl groups excluding tert-OH is 1. The molecule has 200 valence electrons. The number of carbonyl (C=O) groups is 2. The van der Waals surface area contributed by atoms with E-state index in [4.69, 9.17) is 4.52 Å². The molecule has 9 nitrogen and oxygen atoms in total. The first kappa shape index (κ1) is 26.9. The Kier molecular flexibility index (Phi) is 7.20. The van der Waals surface area contributed by atoms with Crippen molar-refractivity contribution in [2.24, 2.45) is 10.9 Å². The molecule has 0 aliphatic carbocycles. The number of hydrogen-bond acceptors (Lipinski definition) is 7. The summed E-state index contributed by atoms with van der Waals surface area (Å²) in [5.74, 6) is -0.210. The third-order valence-corrected chi connectivity index (χ3v) is 7.86. The van der Waals surface area contributed by atoms with Gasteiger partial charge in [-0.2, -0.15) is 4.99 Å². The highest BCUT2D eigenvalue weighted by Gasteiger charge is 2.48. The third kappa shape index (κ3) is 4.91. The third-order valence-electron chi connectivity index (χ3n) is 7.86. The highest BCUT2D eigenvalue weighted by atomic mass is 16.5. The predicted molar refractivity (Wildman–Crippen MR) is 153 cm³/mol. The fourth-order valence-electron chi connectivity index (χ4n) is 5.56. The number of aromatic nitrogens is 2. The number of aliphatic hydroxyl groups is 1. The standard InChI is InChI=1S/C28H33B2N5O4/c1-15(2)24(22-13-23(30-29)34-39-22)26(37)35-14-19(36)12-21(35)25-32-27(38)28(4,33-25)18-9-7-17(8-10-18)20-6-5-11-31-16(20)3/h5-11,13,15,19,21,24,30,36H,12,14,29H2,1-4H3,(H,32,33,38). The Morgan fingerprint density at radius 1 is 1.28 bits per heavy atom. The van der Waals surface area contributed by atoms with Gasteiger partial charge in [-0.05, 0) is 43.0 Å². The molecule has 0 bridgehead atoms. The largest absolute Gasteiger partial charge is 0.391 e. The van der Waals surface area contributed by atoms with Crippen LogP contribution in [0.25, 0.3) is 11.1 Å². The van der Waals surface area contributed by atoms with E-state index in [-0.39, 0.29) is 24.3 Å². The maximum atomic E-state index is 13.9. The molecule has 4 unspecified atom stereocenters. The smallest absolute Gasteiger partial charge is 0.277 e. The highest BCUT2D eigenvalue weighted by Crippen LogP contribution is 2.34. The Labute approximate surface area is 229 Å². The minimum atomic E-state index is -1.08. The Hall–Kier alpha value is -3.72. The molecule has 0 spiro atoms. The fourth-order valence-corrected chi connectivity index (χ4v) is 5.56. The van der Waals surface area contributed by atoms with Gasteiger partial charge in [0, 0.05) is 36.0 Å². The van der Waals surface area contributed by atoms with Gasteiger partial charge in [0.05, 0.1) is 19.9 Å². The van der Waals surface area contributed by atoms with Crippen molar-refractivity contribution < 1.29 is 19.2 Å². The van der Waals surface area contributed by atoms with Crippen molar-refractivity contribution in [3.05, 3.63) is 65.7 Å². The van der Waals surface area contributed by atoms with Crippen molar-refractivity contribution in [3.8, 4) is 11.1 Å². The summed E-state index contributed by atoms with van der Waals surface area (Å²) in [7, 11) is 2.68. The van der Waals surface area contributed by atoms with E-state index in [0.717, 1.165) is 28.0 Å². The number of benzene rings is 1. The molecule has 2 aliphatic heterocycles. The maximum Gasteiger partial charge on any atom is 0.277 e. The quantitative estimate of drug-likeness (QED) is 0.438. The van der Waals surface area contributed by atoms with Gasteiger partial charge in [-0.1, -0.05) is 49.3 Å². The summed E-state index contributed by atoms with van der Waals surface area (Å²) < 4.78 is 5.54. The van der Waals surface area contributed by atoms with Gasteiger partial charge in [-0.25, -0.2) is 0 Å². The maximum absolute atomic E-state index is 13.9. The van der Waals surface area contributed by atoms with Gasteiger partial charge < -0.3 is 19.8 Å². The minimum absolute atomic E-state index is 0.0547. The molecule has 5 rings (SSSR count). The normalized spacial score (nSPS) is 23.6.